The number of fused-ring (bicyclic) bond motifs is 1. The van der Waals surface area contributed by atoms with E-state index in [9.17, 15) is 0 Å². The molecule has 1 aromatic rings. The zero-order chi connectivity index (χ0) is 11.0. The smallest absolute Gasteiger partial charge is 0.0587 e. The van der Waals surface area contributed by atoms with E-state index in [1.54, 1.807) is 0 Å². The second-order valence-electron chi connectivity index (χ2n) is 4.07. The van der Waals surface area contributed by atoms with Crippen molar-refractivity contribution < 1.29 is 0 Å². The van der Waals surface area contributed by atoms with Crippen LogP contribution in [-0.2, 0) is 0 Å². The second kappa shape index (κ2) is 3.87. The molecular weight excluding hydrogens is 214 g/mol. The average molecular weight is 227 g/mol. The van der Waals surface area contributed by atoms with Gasteiger partial charge in [0.05, 0.1) is 5.25 Å². The number of thioether (sulfide) groups is 1. The molecule has 0 saturated heterocycles. The minimum atomic E-state index is 0.403. The Hall–Kier alpha value is -1.41. The van der Waals surface area contributed by atoms with Gasteiger partial charge in [-0.1, -0.05) is 42.5 Å². The van der Waals surface area contributed by atoms with Gasteiger partial charge in [-0.25, -0.2) is 0 Å². The summed E-state index contributed by atoms with van der Waals surface area (Å²) >= 11 is 1.82. The van der Waals surface area contributed by atoms with Gasteiger partial charge in [0.15, 0.2) is 0 Å². The van der Waals surface area contributed by atoms with Gasteiger partial charge >= 0.3 is 0 Å². The van der Waals surface area contributed by atoms with Crippen LogP contribution in [0.15, 0.2) is 59.7 Å². The van der Waals surface area contributed by atoms with Gasteiger partial charge in [-0.15, -0.1) is 11.8 Å². The summed E-state index contributed by atoms with van der Waals surface area (Å²) in [4.78, 5) is 0. The summed E-state index contributed by atoms with van der Waals surface area (Å²) in [5, 5.41) is 2.57. The lowest BCUT2D eigenvalue weighted by atomic mass is 9.85. The summed E-state index contributed by atoms with van der Waals surface area (Å²) in [7, 11) is 0. The summed E-state index contributed by atoms with van der Waals surface area (Å²) in [6.45, 7) is 0. The summed E-state index contributed by atoms with van der Waals surface area (Å²) < 4.78 is 0. The van der Waals surface area contributed by atoms with E-state index in [-0.39, 0.29) is 0 Å². The van der Waals surface area contributed by atoms with E-state index in [0.29, 0.717) is 11.2 Å². The van der Waals surface area contributed by atoms with Crippen LogP contribution in [0.25, 0.3) is 5.57 Å². The zero-order valence-electron chi connectivity index (χ0n) is 8.84. The van der Waals surface area contributed by atoms with E-state index in [1.165, 1.54) is 11.1 Å². The van der Waals surface area contributed by atoms with Gasteiger partial charge in [-0.3, -0.25) is 0 Å². The third-order valence-corrected chi connectivity index (χ3v) is 4.26. The Balaban J connectivity index is 2.05. The van der Waals surface area contributed by atoms with Gasteiger partial charge < -0.3 is 5.73 Å². The summed E-state index contributed by atoms with van der Waals surface area (Å²) in [5.74, 6) is 0.442. The molecule has 0 amide bonds. The van der Waals surface area contributed by atoms with E-state index < -0.39 is 0 Å². The number of hydrogen-bond acceptors (Lipinski definition) is 2. The third kappa shape index (κ3) is 1.50. The van der Waals surface area contributed by atoms with Crippen molar-refractivity contribution in [2.24, 2.45) is 11.7 Å². The number of rotatable bonds is 1. The zero-order valence-corrected chi connectivity index (χ0v) is 9.65. The van der Waals surface area contributed by atoms with Gasteiger partial charge in [-0.05, 0) is 22.6 Å². The molecule has 1 unspecified atom stereocenters. The van der Waals surface area contributed by atoms with Gasteiger partial charge in [0.1, 0.15) is 0 Å². The van der Waals surface area contributed by atoms with E-state index in [0.717, 1.165) is 5.70 Å². The molecule has 1 aromatic carbocycles. The van der Waals surface area contributed by atoms with E-state index >= 15 is 0 Å². The van der Waals surface area contributed by atoms with Crippen molar-refractivity contribution >= 4 is 17.3 Å². The molecule has 80 valence electrons. The van der Waals surface area contributed by atoms with Crippen molar-refractivity contribution in [2.75, 3.05) is 0 Å². The van der Waals surface area contributed by atoms with Crippen LogP contribution in [0.2, 0.25) is 0 Å². The van der Waals surface area contributed by atoms with E-state index in [4.69, 9.17) is 5.73 Å². The molecule has 0 fully saturated rings. The van der Waals surface area contributed by atoms with Gasteiger partial charge in [0.25, 0.3) is 0 Å². The normalized spacial score (nSPS) is 27.2. The maximum absolute atomic E-state index is 6.02. The Kier molecular flexibility index (Phi) is 2.37. The molecule has 1 aliphatic carbocycles. The maximum Gasteiger partial charge on any atom is 0.0587 e. The Bertz CT molecular complexity index is 485. The number of benzene rings is 1. The molecule has 0 bridgehead atoms. The van der Waals surface area contributed by atoms with Crippen LogP contribution in [0.5, 0.6) is 0 Å². The average Bonchev–Trinajstić information content (AvgIpc) is 2.81. The molecular formula is C14H13NS. The van der Waals surface area contributed by atoms with Gasteiger partial charge in [0, 0.05) is 11.6 Å². The predicted molar refractivity (Wildman–Crippen MR) is 70.7 cm³/mol. The monoisotopic (exact) mass is 227 g/mol. The number of allylic oxidation sites excluding steroid dienone is 4. The molecule has 2 N–H and O–H groups in total. The summed E-state index contributed by atoms with van der Waals surface area (Å²) in [5.41, 5.74) is 9.68. The minimum absolute atomic E-state index is 0.403. The first kappa shape index (κ1) is 9.79. The van der Waals surface area contributed by atoms with E-state index in [2.05, 4.69) is 41.8 Å². The Morgan fingerprint density at radius 2 is 1.88 bits per heavy atom. The Morgan fingerprint density at radius 3 is 2.69 bits per heavy atom. The molecule has 1 nitrogen and oxygen atoms in total. The molecule has 1 aliphatic heterocycles. The largest absolute Gasteiger partial charge is 0.401 e. The van der Waals surface area contributed by atoms with Crippen LogP contribution in [0.1, 0.15) is 5.56 Å². The summed E-state index contributed by atoms with van der Waals surface area (Å²) in [6.07, 6.45) is 6.46. The van der Waals surface area contributed by atoms with Crippen molar-refractivity contribution in [3.05, 3.63) is 65.2 Å². The standard InChI is InChI=1S/C14H13NS/c15-13-7-6-11(10-4-2-1-3-5-10)12-8-9-16-14(12)13/h1-9,12,14H,15H2/t12?,14-/m1/s1. The first-order chi connectivity index (χ1) is 7.86. The van der Waals surface area contributed by atoms with Crippen LogP contribution >= 0.6 is 11.8 Å². The van der Waals surface area contributed by atoms with Crippen LogP contribution < -0.4 is 5.73 Å². The van der Waals surface area contributed by atoms with Crippen molar-refractivity contribution in [3.63, 3.8) is 0 Å². The fraction of sp³-hybridized carbons (Fsp3) is 0.143. The number of hydrogen-bond donors (Lipinski definition) is 1. The highest BCUT2D eigenvalue weighted by molar-refractivity contribution is 8.03. The third-order valence-electron chi connectivity index (χ3n) is 3.09. The molecule has 0 radical (unpaired) electrons. The highest BCUT2D eigenvalue weighted by atomic mass is 32.2. The molecule has 2 aliphatic rings. The molecule has 3 rings (SSSR count). The lowest BCUT2D eigenvalue weighted by molar-refractivity contribution is 0.827. The minimum Gasteiger partial charge on any atom is -0.401 e. The van der Waals surface area contributed by atoms with Crippen molar-refractivity contribution in [1.29, 1.82) is 0 Å². The predicted octanol–water partition coefficient (Wildman–Crippen LogP) is 3.17. The first-order valence-electron chi connectivity index (χ1n) is 5.41. The molecule has 0 saturated carbocycles. The molecule has 2 atom stereocenters. The first-order valence-corrected chi connectivity index (χ1v) is 6.35. The molecule has 1 heterocycles. The van der Waals surface area contributed by atoms with Crippen molar-refractivity contribution in [2.45, 2.75) is 5.25 Å². The fourth-order valence-corrected chi connectivity index (χ4v) is 3.34. The lowest BCUT2D eigenvalue weighted by Crippen LogP contribution is -2.23. The molecule has 0 spiro atoms. The van der Waals surface area contributed by atoms with Crippen molar-refractivity contribution in [3.8, 4) is 0 Å². The topological polar surface area (TPSA) is 26.0 Å². The summed E-state index contributed by atoms with van der Waals surface area (Å²) in [6, 6.07) is 10.5. The maximum atomic E-state index is 6.02. The SMILES string of the molecule is NC1=CC=C(c2ccccc2)C2C=CS[C@@H]12. The Morgan fingerprint density at radius 1 is 1.06 bits per heavy atom. The highest BCUT2D eigenvalue weighted by Gasteiger charge is 2.31. The highest BCUT2D eigenvalue weighted by Crippen LogP contribution is 2.43. The molecule has 0 aromatic heterocycles. The van der Waals surface area contributed by atoms with E-state index in [1.807, 2.05) is 23.9 Å². The quantitative estimate of drug-likeness (QED) is 0.797. The fourth-order valence-electron chi connectivity index (χ4n) is 2.26. The lowest BCUT2D eigenvalue weighted by Gasteiger charge is -2.25. The van der Waals surface area contributed by atoms with Crippen LogP contribution in [0.3, 0.4) is 0 Å². The van der Waals surface area contributed by atoms with Crippen molar-refractivity contribution in [1.82, 2.24) is 0 Å². The molecule has 2 heteroatoms. The van der Waals surface area contributed by atoms with Crippen LogP contribution in [0, 0.1) is 5.92 Å². The van der Waals surface area contributed by atoms with Crippen LogP contribution in [-0.4, -0.2) is 5.25 Å². The van der Waals surface area contributed by atoms with Gasteiger partial charge in [-0.2, -0.15) is 0 Å². The number of nitrogens with two attached hydrogens (primary N) is 1. The van der Waals surface area contributed by atoms with Crippen LogP contribution in [0.4, 0.5) is 0 Å². The Labute approximate surface area is 99.7 Å². The second-order valence-corrected chi connectivity index (χ2v) is 5.12. The molecule has 16 heavy (non-hydrogen) atoms. The van der Waals surface area contributed by atoms with Gasteiger partial charge in [0.2, 0.25) is 0 Å².